The second-order valence-corrected chi connectivity index (χ2v) is 10.4. The van der Waals surface area contributed by atoms with E-state index in [-0.39, 0.29) is 36.9 Å². The number of rotatable bonds is 2. The zero-order valence-corrected chi connectivity index (χ0v) is 29.8. The van der Waals surface area contributed by atoms with E-state index in [0.717, 1.165) is 11.1 Å². The molecule has 0 saturated heterocycles. The van der Waals surface area contributed by atoms with Gasteiger partial charge in [0.1, 0.15) is 0 Å². The second-order valence-electron chi connectivity index (χ2n) is 10.4. The van der Waals surface area contributed by atoms with E-state index in [1.165, 1.54) is 60.5 Å². The molecule has 0 spiro atoms. The van der Waals surface area contributed by atoms with E-state index in [9.17, 15) is 5.11 Å². The topological polar surface area (TPSA) is 81.8 Å². The molecule has 37 heavy (non-hydrogen) atoms. The largest absolute Gasteiger partial charge is 4.00 e. The van der Waals surface area contributed by atoms with Crippen LogP contribution in [0, 0.1) is 100 Å². The maximum atomic E-state index is 11.9. The maximum absolute atomic E-state index is 11.9. The number of benzene rings is 1. The van der Waals surface area contributed by atoms with Gasteiger partial charge in [0.05, 0.1) is 0 Å². The summed E-state index contributed by atoms with van der Waals surface area (Å²) < 4.78 is 0. The second kappa shape index (κ2) is 16.8. The van der Waals surface area contributed by atoms with Gasteiger partial charge in [-0.25, -0.2) is 0 Å². The summed E-state index contributed by atoms with van der Waals surface area (Å²) in [7, 11) is 0. The molecular weight excluding hydrogens is 680 g/mol. The van der Waals surface area contributed by atoms with Crippen LogP contribution < -0.4 is 5.11 Å². The van der Waals surface area contributed by atoms with Gasteiger partial charge < -0.3 is 16.2 Å². The Labute approximate surface area is 250 Å². The molecule has 0 bridgehead atoms. The molecule has 5 heteroatoms. The molecule has 3 aromatic rings. The minimum absolute atomic E-state index is 0. The molecule has 0 amide bonds. The van der Waals surface area contributed by atoms with E-state index < -0.39 is 0 Å². The van der Waals surface area contributed by atoms with Crippen molar-refractivity contribution in [3.63, 3.8) is 0 Å². The van der Waals surface area contributed by atoms with Crippen LogP contribution in [0.1, 0.15) is 106 Å². The quantitative estimate of drug-likeness (QED) is 0.112. The predicted molar refractivity (Wildman–Crippen MR) is 156 cm³/mol. The Morgan fingerprint density at radius 1 is 0.622 bits per heavy atom. The van der Waals surface area contributed by atoms with Crippen molar-refractivity contribution in [1.82, 2.24) is 0 Å². The molecule has 3 aromatic carbocycles. The molecule has 0 saturated carbocycles. The summed E-state index contributed by atoms with van der Waals surface area (Å²) in [6.45, 7) is 30.2. The van der Waals surface area contributed by atoms with Crippen molar-refractivity contribution >= 4 is 0 Å². The summed E-state index contributed by atoms with van der Waals surface area (Å²) in [5.41, 5.74) is 30.0. The fourth-order valence-electron chi connectivity index (χ4n) is 4.30. The fraction of sp³-hybridized carbons (Fsp3) is 0.500. The third kappa shape index (κ3) is 9.72. The molecule has 0 N–H and O–H groups in total. The van der Waals surface area contributed by atoms with Crippen LogP contribution in [0.2, 0.25) is 0 Å². The molecule has 0 radical (unpaired) electrons. The first kappa shape index (κ1) is 37.2. The number of hydrogen-bond donors (Lipinski definition) is 0. The first-order chi connectivity index (χ1) is 16.6. The minimum atomic E-state index is 0. The molecule has 0 heterocycles. The van der Waals surface area contributed by atoms with Gasteiger partial charge in [-0.1, -0.05) is 126 Å². The average molecular weight is 728 g/mol. The predicted octanol–water partition coefficient (Wildman–Crippen LogP) is 9.77. The van der Waals surface area contributed by atoms with Crippen LogP contribution in [0.15, 0.2) is 18.2 Å². The Morgan fingerprint density at radius 2 is 0.838 bits per heavy atom. The molecule has 3 rings (SSSR count). The summed E-state index contributed by atoms with van der Waals surface area (Å²) in [4.78, 5) is 1.50. The van der Waals surface area contributed by atoms with E-state index in [4.69, 9.17) is 11.1 Å². The molecule has 4 nitrogen and oxygen atoms in total. The normalized spacial score (nSPS) is 9.84. The van der Waals surface area contributed by atoms with Gasteiger partial charge >= 0.3 is 31.1 Å². The van der Waals surface area contributed by atoms with Crippen molar-refractivity contribution in [3.8, 4) is 5.75 Å². The Morgan fingerprint density at radius 3 is 0.973 bits per heavy atom. The Balaban J connectivity index is 0. The average Bonchev–Trinajstić information content (AvgIpc) is 3.10. The van der Waals surface area contributed by atoms with E-state index in [2.05, 4.69) is 96.9 Å². The number of nitrogens with zero attached hydrogens (tertiary/aromatic N) is 3. The number of para-hydroxylation sites is 1. The zero-order chi connectivity index (χ0) is 28.5. The molecular formula is C32H47N3OU. The van der Waals surface area contributed by atoms with E-state index in [1.54, 1.807) is 0 Å². The van der Waals surface area contributed by atoms with Crippen LogP contribution in [0.5, 0.6) is 5.75 Å². The maximum Gasteiger partial charge on any atom is 4.00 e. The zero-order valence-electron chi connectivity index (χ0n) is 25.6. The monoisotopic (exact) mass is 727 g/mol. The van der Waals surface area contributed by atoms with Gasteiger partial charge in [-0.15, -0.1) is 5.75 Å². The van der Waals surface area contributed by atoms with E-state index >= 15 is 0 Å². The minimum Gasteiger partial charge on any atom is -0.872 e. The van der Waals surface area contributed by atoms with Crippen molar-refractivity contribution in [2.75, 3.05) is 0 Å². The first-order valence-corrected chi connectivity index (χ1v) is 12.7. The SMILES string of the molecule is CC(C)c1cccc(C(C)C)c1[O-].Cc1c(C)c(C)[c-](C)c1C.Cc1c(C)c(C)[c-](C)c1C.[N-]=[N+]=[N-].[U+4]. The van der Waals surface area contributed by atoms with Crippen molar-refractivity contribution in [1.29, 1.82) is 0 Å². The van der Waals surface area contributed by atoms with Gasteiger partial charge in [-0.2, -0.15) is 55.6 Å². The molecule has 0 aliphatic rings. The van der Waals surface area contributed by atoms with Crippen molar-refractivity contribution < 1.29 is 36.2 Å². The van der Waals surface area contributed by atoms with Crippen LogP contribution in [0.4, 0.5) is 0 Å². The van der Waals surface area contributed by atoms with Crippen LogP contribution in [0.25, 0.3) is 16.0 Å². The molecule has 0 aromatic heterocycles. The molecule has 0 atom stereocenters. The van der Waals surface area contributed by atoms with Crippen LogP contribution >= 0.6 is 0 Å². The summed E-state index contributed by atoms with van der Waals surface area (Å²) in [5.74, 6) is 0.880. The smallest absolute Gasteiger partial charge is 0.872 e. The first-order valence-electron chi connectivity index (χ1n) is 12.7. The van der Waals surface area contributed by atoms with Crippen LogP contribution in [0.3, 0.4) is 0 Å². The van der Waals surface area contributed by atoms with Crippen LogP contribution in [-0.4, -0.2) is 0 Å². The van der Waals surface area contributed by atoms with Gasteiger partial charge in [0.25, 0.3) is 0 Å². The Kier molecular flexibility index (Phi) is 16.9. The van der Waals surface area contributed by atoms with E-state index in [1.807, 2.05) is 18.2 Å². The van der Waals surface area contributed by atoms with Crippen molar-refractivity contribution in [3.05, 3.63) is 101 Å². The third-order valence-electron chi connectivity index (χ3n) is 7.94. The summed E-state index contributed by atoms with van der Waals surface area (Å²) in [6.07, 6.45) is 0. The fourth-order valence-corrected chi connectivity index (χ4v) is 4.30. The standard InChI is InChI=1S/C12H18O.2C10H15.N3.U/c1-8(2)10-6-5-7-11(9(3)4)12(10)13;2*1-6-7(2)9(4)10(5)8(6)3;1-3-2;/h5-9,13H,1-4H3;2*1-5H3;;/q;3*-1;+4/p-1. The molecule has 0 aliphatic heterocycles. The van der Waals surface area contributed by atoms with E-state index in [0.29, 0.717) is 11.8 Å². The molecule has 200 valence electrons. The van der Waals surface area contributed by atoms with Crippen molar-refractivity contribution in [2.45, 2.75) is 109 Å². The third-order valence-corrected chi connectivity index (χ3v) is 7.94. The molecule has 0 fully saturated rings. The van der Waals surface area contributed by atoms with Crippen molar-refractivity contribution in [2.24, 2.45) is 0 Å². The number of hydrogen-bond acceptors (Lipinski definition) is 1. The van der Waals surface area contributed by atoms with Gasteiger partial charge in [-0.05, 0) is 11.8 Å². The molecule has 0 aliphatic carbocycles. The summed E-state index contributed by atoms with van der Waals surface area (Å²) in [6, 6.07) is 5.84. The Hall–Kier alpha value is -1.92. The van der Waals surface area contributed by atoms with Gasteiger partial charge in [-0.3, -0.25) is 4.91 Å². The summed E-state index contributed by atoms with van der Waals surface area (Å²) >= 11 is 0. The Bertz CT molecular complexity index is 931. The van der Waals surface area contributed by atoms with Crippen LogP contribution in [-0.2, 0) is 0 Å². The van der Waals surface area contributed by atoms with Gasteiger partial charge in [0.2, 0.25) is 0 Å². The van der Waals surface area contributed by atoms with Gasteiger partial charge in [0.15, 0.2) is 0 Å². The van der Waals surface area contributed by atoms with Gasteiger partial charge in [0, 0.05) is 0 Å². The summed E-state index contributed by atoms with van der Waals surface area (Å²) in [5, 5.41) is 11.9. The molecule has 0 unspecified atom stereocenters.